The summed E-state index contributed by atoms with van der Waals surface area (Å²) >= 11 is 7.50. The number of halogens is 1. The molecule has 0 bridgehead atoms. The molecule has 8 heteroatoms. The van der Waals surface area contributed by atoms with E-state index >= 15 is 0 Å². The summed E-state index contributed by atoms with van der Waals surface area (Å²) in [5.74, 6) is 1.52. The van der Waals surface area contributed by atoms with Crippen LogP contribution in [-0.4, -0.2) is 31.9 Å². The standard InChI is InChI=1S/C18H21ClN6S/c1-11-7-16(24-18-21-8-12(2)26-18)23-17(22-11)13(3)25(4)10-15-6-5-14(19)9-20-15/h5-9,13H,10H2,1-4H3,(H,21,22,23,24)/t13-/m0/s1. The summed E-state index contributed by atoms with van der Waals surface area (Å²) in [7, 11) is 2.03. The van der Waals surface area contributed by atoms with Gasteiger partial charge in [-0.15, -0.1) is 11.3 Å². The van der Waals surface area contributed by atoms with Crippen molar-refractivity contribution in [1.82, 2.24) is 24.8 Å². The van der Waals surface area contributed by atoms with Crippen molar-refractivity contribution in [3.63, 3.8) is 0 Å². The molecule has 3 heterocycles. The Kier molecular flexibility index (Phi) is 5.80. The first-order chi connectivity index (χ1) is 12.4. The third-order valence-corrected chi connectivity index (χ3v) is 5.01. The second-order valence-electron chi connectivity index (χ2n) is 6.21. The van der Waals surface area contributed by atoms with Gasteiger partial charge in [-0.25, -0.2) is 15.0 Å². The summed E-state index contributed by atoms with van der Waals surface area (Å²) in [5.41, 5.74) is 1.86. The Labute approximate surface area is 162 Å². The summed E-state index contributed by atoms with van der Waals surface area (Å²) in [4.78, 5) is 21.3. The highest BCUT2D eigenvalue weighted by molar-refractivity contribution is 7.15. The van der Waals surface area contributed by atoms with Gasteiger partial charge >= 0.3 is 0 Å². The van der Waals surface area contributed by atoms with Crippen LogP contribution in [-0.2, 0) is 6.54 Å². The Bertz CT molecular complexity index is 880. The topological polar surface area (TPSA) is 66.8 Å². The van der Waals surface area contributed by atoms with Crippen molar-refractivity contribution in [3.05, 3.63) is 57.7 Å². The second-order valence-corrected chi connectivity index (χ2v) is 7.88. The van der Waals surface area contributed by atoms with Crippen LogP contribution in [0, 0.1) is 13.8 Å². The first-order valence-electron chi connectivity index (χ1n) is 8.26. The smallest absolute Gasteiger partial charge is 0.188 e. The third kappa shape index (κ3) is 4.75. The average Bonchev–Trinajstić information content (AvgIpc) is 3.00. The van der Waals surface area contributed by atoms with Crippen LogP contribution in [0.15, 0.2) is 30.6 Å². The zero-order chi connectivity index (χ0) is 18.7. The van der Waals surface area contributed by atoms with Gasteiger partial charge in [-0.05, 0) is 40.0 Å². The highest BCUT2D eigenvalue weighted by Gasteiger charge is 2.17. The van der Waals surface area contributed by atoms with Gasteiger partial charge in [-0.2, -0.15) is 0 Å². The molecule has 0 aliphatic carbocycles. The molecule has 1 atom stereocenters. The summed E-state index contributed by atoms with van der Waals surface area (Å²) in [6, 6.07) is 5.74. The lowest BCUT2D eigenvalue weighted by atomic mass is 10.2. The average molecular weight is 389 g/mol. The van der Waals surface area contributed by atoms with E-state index < -0.39 is 0 Å². The van der Waals surface area contributed by atoms with E-state index in [9.17, 15) is 0 Å². The Morgan fingerprint density at radius 1 is 1.19 bits per heavy atom. The molecule has 0 fully saturated rings. The summed E-state index contributed by atoms with van der Waals surface area (Å²) in [6.45, 7) is 6.77. The molecule has 26 heavy (non-hydrogen) atoms. The van der Waals surface area contributed by atoms with Crippen LogP contribution in [0.1, 0.15) is 35.1 Å². The van der Waals surface area contributed by atoms with Crippen molar-refractivity contribution in [2.24, 2.45) is 0 Å². The van der Waals surface area contributed by atoms with Crippen molar-refractivity contribution in [2.75, 3.05) is 12.4 Å². The van der Waals surface area contributed by atoms with E-state index in [1.165, 1.54) is 0 Å². The Morgan fingerprint density at radius 3 is 2.65 bits per heavy atom. The van der Waals surface area contributed by atoms with Gasteiger partial charge in [0.2, 0.25) is 0 Å². The normalized spacial score (nSPS) is 12.4. The van der Waals surface area contributed by atoms with E-state index in [4.69, 9.17) is 11.6 Å². The maximum Gasteiger partial charge on any atom is 0.188 e. The fraction of sp³-hybridized carbons (Fsp3) is 0.333. The highest BCUT2D eigenvalue weighted by atomic mass is 35.5. The van der Waals surface area contributed by atoms with Crippen LogP contribution in [0.2, 0.25) is 5.02 Å². The zero-order valence-corrected chi connectivity index (χ0v) is 16.8. The van der Waals surface area contributed by atoms with E-state index in [0.29, 0.717) is 11.6 Å². The van der Waals surface area contributed by atoms with E-state index in [1.807, 2.05) is 45.3 Å². The molecule has 0 saturated carbocycles. The van der Waals surface area contributed by atoms with Crippen molar-refractivity contribution in [2.45, 2.75) is 33.4 Å². The number of pyridine rings is 1. The van der Waals surface area contributed by atoms with E-state index in [1.54, 1.807) is 17.5 Å². The molecular weight excluding hydrogens is 368 g/mol. The van der Waals surface area contributed by atoms with Gasteiger partial charge in [0.25, 0.3) is 0 Å². The molecule has 0 spiro atoms. The van der Waals surface area contributed by atoms with Crippen LogP contribution in [0.25, 0.3) is 0 Å². The number of hydrogen-bond acceptors (Lipinski definition) is 7. The monoisotopic (exact) mass is 388 g/mol. The molecule has 0 amide bonds. The van der Waals surface area contributed by atoms with Crippen LogP contribution in [0.3, 0.4) is 0 Å². The van der Waals surface area contributed by atoms with Crippen LogP contribution >= 0.6 is 22.9 Å². The van der Waals surface area contributed by atoms with Gasteiger partial charge < -0.3 is 5.32 Å². The third-order valence-electron chi connectivity index (χ3n) is 3.96. The van der Waals surface area contributed by atoms with Gasteiger partial charge in [-0.3, -0.25) is 9.88 Å². The molecule has 1 N–H and O–H groups in total. The lowest BCUT2D eigenvalue weighted by molar-refractivity contribution is 0.241. The SMILES string of the molecule is Cc1cc(Nc2ncc(C)s2)nc([C@H](C)N(C)Cc2ccc(Cl)cn2)n1. The van der Waals surface area contributed by atoms with Crippen LogP contribution in [0.5, 0.6) is 0 Å². The molecule has 0 aromatic carbocycles. The maximum absolute atomic E-state index is 5.90. The minimum absolute atomic E-state index is 0.0333. The highest BCUT2D eigenvalue weighted by Crippen LogP contribution is 2.23. The molecule has 0 saturated heterocycles. The molecule has 0 aliphatic rings. The maximum atomic E-state index is 5.90. The molecule has 136 valence electrons. The number of nitrogens with zero attached hydrogens (tertiary/aromatic N) is 5. The summed E-state index contributed by atoms with van der Waals surface area (Å²) in [5, 5.41) is 4.74. The molecular formula is C18H21ClN6S. The lowest BCUT2D eigenvalue weighted by Crippen LogP contribution is -2.24. The molecule has 3 aromatic rings. The quantitative estimate of drug-likeness (QED) is 0.668. The van der Waals surface area contributed by atoms with Crippen molar-refractivity contribution in [1.29, 1.82) is 0 Å². The minimum atomic E-state index is 0.0333. The van der Waals surface area contributed by atoms with E-state index in [-0.39, 0.29) is 6.04 Å². The molecule has 6 nitrogen and oxygen atoms in total. The largest absolute Gasteiger partial charge is 0.316 e. The predicted molar refractivity (Wildman–Crippen MR) is 106 cm³/mol. The molecule has 0 aliphatic heterocycles. The number of aryl methyl sites for hydroxylation is 2. The van der Waals surface area contributed by atoms with Gasteiger partial charge in [-0.1, -0.05) is 11.6 Å². The fourth-order valence-corrected chi connectivity index (χ4v) is 3.24. The zero-order valence-electron chi connectivity index (χ0n) is 15.2. The van der Waals surface area contributed by atoms with Gasteiger partial charge in [0.15, 0.2) is 5.13 Å². The number of hydrogen-bond donors (Lipinski definition) is 1. The molecule has 3 rings (SSSR count). The van der Waals surface area contributed by atoms with E-state index in [0.717, 1.165) is 33.0 Å². The number of aromatic nitrogens is 4. The van der Waals surface area contributed by atoms with Crippen molar-refractivity contribution >= 4 is 33.9 Å². The predicted octanol–water partition coefficient (Wildman–Crippen LogP) is 4.53. The lowest BCUT2D eigenvalue weighted by Gasteiger charge is -2.23. The first-order valence-corrected chi connectivity index (χ1v) is 9.46. The Hall–Kier alpha value is -2.09. The number of anilines is 2. The van der Waals surface area contributed by atoms with E-state index in [2.05, 4.69) is 37.1 Å². The van der Waals surface area contributed by atoms with Crippen LogP contribution < -0.4 is 5.32 Å². The summed E-state index contributed by atoms with van der Waals surface area (Å²) < 4.78 is 0. The number of thiazole rings is 1. The van der Waals surface area contributed by atoms with Crippen molar-refractivity contribution in [3.8, 4) is 0 Å². The van der Waals surface area contributed by atoms with Crippen molar-refractivity contribution < 1.29 is 0 Å². The summed E-state index contributed by atoms with van der Waals surface area (Å²) in [6.07, 6.45) is 3.51. The molecule has 3 aromatic heterocycles. The second kappa shape index (κ2) is 8.07. The van der Waals surface area contributed by atoms with Crippen LogP contribution in [0.4, 0.5) is 10.9 Å². The Balaban J connectivity index is 1.75. The van der Waals surface area contributed by atoms with Gasteiger partial charge in [0.1, 0.15) is 11.6 Å². The van der Waals surface area contributed by atoms with Gasteiger partial charge in [0.05, 0.1) is 16.8 Å². The number of rotatable bonds is 6. The minimum Gasteiger partial charge on any atom is -0.316 e. The molecule has 0 radical (unpaired) electrons. The number of nitrogens with one attached hydrogen (secondary N) is 1. The van der Waals surface area contributed by atoms with Gasteiger partial charge in [0, 0.05) is 35.6 Å². The first kappa shape index (κ1) is 18.7. The molecule has 0 unspecified atom stereocenters. The fourth-order valence-electron chi connectivity index (χ4n) is 2.45. The Morgan fingerprint density at radius 2 is 2.00 bits per heavy atom.